The SMILES string of the molecule is COc1ccc(C(C=O)=NC2(NCC(=O)Nc3ccc(C)cc3C)CCCCC2)cc1. The molecule has 2 aromatic rings. The van der Waals surface area contributed by atoms with Crippen LogP contribution in [-0.4, -0.2) is 37.2 Å². The van der Waals surface area contributed by atoms with E-state index in [2.05, 4.69) is 10.6 Å². The zero-order valence-corrected chi connectivity index (χ0v) is 18.5. The lowest BCUT2D eigenvalue weighted by molar-refractivity contribution is -0.115. The van der Waals surface area contributed by atoms with Crippen LogP contribution in [0.4, 0.5) is 5.69 Å². The molecule has 31 heavy (non-hydrogen) atoms. The summed E-state index contributed by atoms with van der Waals surface area (Å²) in [6.07, 6.45) is 5.50. The summed E-state index contributed by atoms with van der Waals surface area (Å²) in [7, 11) is 1.60. The van der Waals surface area contributed by atoms with Gasteiger partial charge in [0.05, 0.1) is 13.7 Å². The summed E-state index contributed by atoms with van der Waals surface area (Å²) in [5.41, 5.74) is 3.50. The van der Waals surface area contributed by atoms with E-state index in [1.54, 1.807) is 7.11 Å². The van der Waals surface area contributed by atoms with Gasteiger partial charge < -0.3 is 10.1 Å². The molecule has 6 heteroatoms. The number of nitrogens with one attached hydrogen (secondary N) is 2. The molecule has 2 N–H and O–H groups in total. The molecular formula is C25H31N3O3. The van der Waals surface area contributed by atoms with Crippen LogP contribution in [0.3, 0.4) is 0 Å². The van der Waals surface area contributed by atoms with E-state index in [9.17, 15) is 9.59 Å². The van der Waals surface area contributed by atoms with Crippen molar-refractivity contribution in [2.75, 3.05) is 19.0 Å². The highest BCUT2D eigenvalue weighted by Crippen LogP contribution is 2.30. The Kier molecular flexibility index (Phi) is 7.58. The van der Waals surface area contributed by atoms with E-state index in [1.807, 2.05) is 56.3 Å². The molecule has 0 aliphatic heterocycles. The van der Waals surface area contributed by atoms with Gasteiger partial charge in [0, 0.05) is 11.3 Å². The van der Waals surface area contributed by atoms with Crippen LogP contribution in [0.5, 0.6) is 5.75 Å². The molecule has 0 saturated heterocycles. The van der Waals surface area contributed by atoms with Crippen LogP contribution in [-0.2, 0) is 9.59 Å². The summed E-state index contributed by atoms with van der Waals surface area (Å²) in [6.45, 7) is 4.14. The molecule has 0 atom stereocenters. The van der Waals surface area contributed by atoms with Crippen molar-refractivity contribution in [3.8, 4) is 5.75 Å². The van der Waals surface area contributed by atoms with Crippen molar-refractivity contribution in [2.45, 2.75) is 51.6 Å². The third kappa shape index (κ3) is 6.01. The first-order valence-corrected chi connectivity index (χ1v) is 10.8. The topological polar surface area (TPSA) is 79.8 Å². The molecule has 1 saturated carbocycles. The first-order valence-electron chi connectivity index (χ1n) is 10.8. The number of amides is 1. The zero-order valence-electron chi connectivity index (χ0n) is 18.5. The van der Waals surface area contributed by atoms with Crippen molar-refractivity contribution in [1.82, 2.24) is 5.32 Å². The number of benzene rings is 2. The molecule has 1 fully saturated rings. The predicted molar refractivity (Wildman–Crippen MR) is 124 cm³/mol. The minimum Gasteiger partial charge on any atom is -0.497 e. The number of rotatable bonds is 8. The Hall–Kier alpha value is -2.99. The molecule has 0 aromatic heterocycles. The van der Waals surface area contributed by atoms with Crippen LogP contribution >= 0.6 is 0 Å². The summed E-state index contributed by atoms with van der Waals surface area (Å²) >= 11 is 0. The number of ether oxygens (including phenoxy) is 1. The Morgan fingerprint density at radius 3 is 2.42 bits per heavy atom. The van der Waals surface area contributed by atoms with Gasteiger partial charge in [-0.3, -0.25) is 19.9 Å². The number of hydrogen-bond donors (Lipinski definition) is 2. The first-order chi connectivity index (χ1) is 14.9. The molecule has 164 valence electrons. The number of hydrogen-bond acceptors (Lipinski definition) is 5. The van der Waals surface area contributed by atoms with E-state index in [0.29, 0.717) is 5.71 Å². The van der Waals surface area contributed by atoms with Gasteiger partial charge in [0.1, 0.15) is 17.1 Å². The van der Waals surface area contributed by atoms with Crippen molar-refractivity contribution in [3.05, 3.63) is 59.2 Å². The van der Waals surface area contributed by atoms with Crippen molar-refractivity contribution in [3.63, 3.8) is 0 Å². The maximum Gasteiger partial charge on any atom is 0.238 e. The highest BCUT2D eigenvalue weighted by molar-refractivity contribution is 6.36. The third-order valence-corrected chi connectivity index (χ3v) is 5.75. The molecular weight excluding hydrogens is 390 g/mol. The number of carbonyl (C=O) groups is 2. The van der Waals surface area contributed by atoms with Crippen LogP contribution in [0.25, 0.3) is 0 Å². The van der Waals surface area contributed by atoms with Crippen molar-refractivity contribution in [2.24, 2.45) is 4.99 Å². The van der Waals surface area contributed by atoms with Crippen molar-refractivity contribution in [1.29, 1.82) is 0 Å². The molecule has 0 heterocycles. The molecule has 3 rings (SSSR count). The number of methoxy groups -OCH3 is 1. The lowest BCUT2D eigenvalue weighted by Crippen LogP contribution is -2.49. The minimum absolute atomic E-state index is 0.121. The molecule has 1 aliphatic carbocycles. The fourth-order valence-corrected chi connectivity index (χ4v) is 4.01. The van der Waals surface area contributed by atoms with Crippen LogP contribution in [0.2, 0.25) is 0 Å². The van der Waals surface area contributed by atoms with Crippen molar-refractivity contribution >= 4 is 23.6 Å². The lowest BCUT2D eigenvalue weighted by atomic mass is 9.89. The van der Waals surface area contributed by atoms with E-state index >= 15 is 0 Å². The van der Waals surface area contributed by atoms with Gasteiger partial charge in [0.25, 0.3) is 0 Å². The van der Waals surface area contributed by atoms with Crippen LogP contribution in [0, 0.1) is 13.8 Å². The van der Waals surface area contributed by atoms with E-state index < -0.39 is 5.66 Å². The molecule has 1 aliphatic rings. The average molecular weight is 422 g/mol. The second-order valence-electron chi connectivity index (χ2n) is 8.16. The van der Waals surface area contributed by atoms with Crippen LogP contribution in [0.15, 0.2) is 47.5 Å². The highest BCUT2D eigenvalue weighted by atomic mass is 16.5. The van der Waals surface area contributed by atoms with Gasteiger partial charge in [-0.25, -0.2) is 0 Å². The van der Waals surface area contributed by atoms with Gasteiger partial charge >= 0.3 is 0 Å². The summed E-state index contributed by atoms with van der Waals surface area (Å²) in [4.78, 5) is 29.3. The highest BCUT2D eigenvalue weighted by Gasteiger charge is 2.32. The van der Waals surface area contributed by atoms with E-state index in [0.717, 1.165) is 66.5 Å². The molecule has 6 nitrogen and oxygen atoms in total. The van der Waals surface area contributed by atoms with E-state index in [-0.39, 0.29) is 12.5 Å². The Morgan fingerprint density at radius 1 is 1.10 bits per heavy atom. The van der Waals surface area contributed by atoms with Gasteiger partial charge in [-0.15, -0.1) is 0 Å². The predicted octanol–water partition coefficient (Wildman–Crippen LogP) is 4.19. The molecule has 0 bridgehead atoms. The van der Waals surface area contributed by atoms with Crippen molar-refractivity contribution < 1.29 is 14.3 Å². The normalized spacial score (nSPS) is 15.9. The zero-order chi connectivity index (χ0) is 22.3. The van der Waals surface area contributed by atoms with Gasteiger partial charge in [0.2, 0.25) is 5.91 Å². The third-order valence-electron chi connectivity index (χ3n) is 5.75. The molecule has 2 aromatic carbocycles. The van der Waals surface area contributed by atoms with Gasteiger partial charge in [-0.1, -0.05) is 24.1 Å². The standard InChI is InChI=1S/C25H31N3O3/c1-18-7-12-22(19(2)15-18)27-24(30)16-26-25(13-5-4-6-14-25)28-23(17-29)20-8-10-21(31-3)11-9-20/h7-12,15,17,26H,4-6,13-14,16H2,1-3H3,(H,27,30). The molecule has 0 radical (unpaired) electrons. The Balaban J connectivity index is 1.75. The Morgan fingerprint density at radius 2 is 1.81 bits per heavy atom. The quantitative estimate of drug-likeness (QED) is 0.495. The average Bonchev–Trinajstić information content (AvgIpc) is 2.79. The first kappa shape index (κ1) is 22.7. The molecule has 0 spiro atoms. The van der Waals surface area contributed by atoms with Gasteiger partial charge in [-0.2, -0.15) is 0 Å². The number of aliphatic imine (C=N–C) groups is 1. The van der Waals surface area contributed by atoms with E-state index in [4.69, 9.17) is 9.73 Å². The van der Waals surface area contributed by atoms with Crippen LogP contribution < -0.4 is 15.4 Å². The number of aldehydes is 1. The number of nitrogens with zero attached hydrogens (tertiary/aromatic N) is 1. The summed E-state index contributed by atoms with van der Waals surface area (Å²) in [6, 6.07) is 13.2. The fraction of sp³-hybridized carbons (Fsp3) is 0.400. The van der Waals surface area contributed by atoms with E-state index in [1.165, 1.54) is 0 Å². The monoisotopic (exact) mass is 421 g/mol. The summed E-state index contributed by atoms with van der Waals surface area (Å²) in [5.74, 6) is 0.603. The Bertz CT molecular complexity index is 945. The smallest absolute Gasteiger partial charge is 0.238 e. The second kappa shape index (κ2) is 10.4. The maximum absolute atomic E-state index is 12.6. The number of anilines is 1. The summed E-state index contributed by atoms with van der Waals surface area (Å²) in [5, 5.41) is 6.33. The van der Waals surface area contributed by atoms with Gasteiger partial charge in [0.15, 0.2) is 6.29 Å². The summed E-state index contributed by atoms with van der Waals surface area (Å²) < 4.78 is 5.20. The fourth-order valence-electron chi connectivity index (χ4n) is 4.01. The largest absolute Gasteiger partial charge is 0.497 e. The second-order valence-corrected chi connectivity index (χ2v) is 8.16. The Labute approximate surface area is 184 Å². The molecule has 0 unspecified atom stereocenters. The minimum atomic E-state index is -0.617. The van der Waals surface area contributed by atoms with Gasteiger partial charge in [-0.05, 0) is 75.4 Å². The van der Waals surface area contributed by atoms with Crippen LogP contribution in [0.1, 0.15) is 48.8 Å². The molecule has 1 amide bonds. The lowest BCUT2D eigenvalue weighted by Gasteiger charge is -2.35. The number of carbonyl (C=O) groups excluding carboxylic acids is 2. The maximum atomic E-state index is 12.6. The number of aryl methyl sites for hydroxylation is 2.